The van der Waals surface area contributed by atoms with Gasteiger partial charge in [-0.05, 0) is 50.2 Å². The molecule has 2 fully saturated rings. The summed E-state index contributed by atoms with van der Waals surface area (Å²) in [5.41, 5.74) is 6.88. The molecule has 0 unspecified atom stereocenters. The van der Waals surface area contributed by atoms with Crippen LogP contribution in [0.15, 0.2) is 36.4 Å². The van der Waals surface area contributed by atoms with Gasteiger partial charge in [0.1, 0.15) is 13.1 Å². The molecule has 0 atom stereocenters. The number of nitrogen functional groups attached to an aromatic ring is 1. The topological polar surface area (TPSA) is 121 Å². The minimum Gasteiger partial charge on any atom is -0.397 e. The van der Waals surface area contributed by atoms with Crippen LogP contribution in [0.25, 0.3) is 0 Å². The van der Waals surface area contributed by atoms with Crippen molar-refractivity contribution in [1.82, 2.24) is 29.4 Å². The van der Waals surface area contributed by atoms with Crippen molar-refractivity contribution in [2.24, 2.45) is 0 Å². The van der Waals surface area contributed by atoms with Crippen LogP contribution in [-0.2, 0) is 35.0 Å². The predicted molar refractivity (Wildman–Crippen MR) is 208 cm³/mol. The van der Waals surface area contributed by atoms with Crippen LogP contribution in [-0.4, -0.2) is 101 Å². The number of piperazine rings is 2. The van der Waals surface area contributed by atoms with E-state index in [9.17, 15) is 35.9 Å². The second kappa shape index (κ2) is 17.7. The van der Waals surface area contributed by atoms with Gasteiger partial charge in [0.15, 0.2) is 11.4 Å². The zero-order valence-electron chi connectivity index (χ0n) is 30.8. The van der Waals surface area contributed by atoms with Gasteiger partial charge in [-0.2, -0.15) is 36.5 Å². The molecule has 2 aromatic heterocycles. The summed E-state index contributed by atoms with van der Waals surface area (Å²) in [7, 11) is 1.79. The smallest absolute Gasteiger partial charge is 0.397 e. The fourth-order valence-electron chi connectivity index (χ4n) is 6.23. The highest BCUT2D eigenvalue weighted by Gasteiger charge is 2.40. The van der Waals surface area contributed by atoms with E-state index in [1.165, 1.54) is 13.8 Å². The Labute approximate surface area is 343 Å². The van der Waals surface area contributed by atoms with Gasteiger partial charge in [0.2, 0.25) is 11.8 Å². The largest absolute Gasteiger partial charge is 0.436 e. The van der Waals surface area contributed by atoms with Crippen LogP contribution < -0.4 is 20.9 Å². The van der Waals surface area contributed by atoms with E-state index in [0.29, 0.717) is 68.1 Å². The lowest BCUT2D eigenvalue weighted by atomic mass is 10.2. The third kappa shape index (κ3) is 10.3. The Morgan fingerprint density at radius 3 is 1.40 bits per heavy atom. The van der Waals surface area contributed by atoms with Gasteiger partial charge >= 0.3 is 12.4 Å². The van der Waals surface area contributed by atoms with Gasteiger partial charge < -0.3 is 30.7 Å². The first-order valence-electron chi connectivity index (χ1n) is 17.4. The normalized spacial score (nSPS) is 15.1. The van der Waals surface area contributed by atoms with Gasteiger partial charge in [-0.25, -0.2) is 0 Å². The van der Waals surface area contributed by atoms with Crippen LogP contribution in [0.4, 0.5) is 49.1 Å². The summed E-state index contributed by atoms with van der Waals surface area (Å²) in [6.45, 7) is 6.35. The molecule has 0 saturated carbocycles. The summed E-state index contributed by atoms with van der Waals surface area (Å²) < 4.78 is 79.6. The molecule has 12 nitrogen and oxygen atoms in total. The van der Waals surface area contributed by atoms with Crippen molar-refractivity contribution < 1.29 is 35.9 Å². The number of benzene rings is 2. The number of hydrogen-bond acceptors (Lipinski definition) is 8. The highest BCUT2D eigenvalue weighted by atomic mass is 35.5. The van der Waals surface area contributed by atoms with E-state index in [4.69, 9.17) is 52.1 Å². The molecule has 6 rings (SSSR count). The zero-order valence-corrected chi connectivity index (χ0v) is 33.8. The molecule has 0 bridgehead atoms. The highest BCUT2D eigenvalue weighted by molar-refractivity contribution is 6.33. The predicted octanol–water partition coefficient (Wildman–Crippen LogP) is 7.36. The monoisotopic (exact) mass is 884 g/mol. The first-order chi connectivity index (χ1) is 26.7. The van der Waals surface area contributed by atoms with Gasteiger partial charge in [0.25, 0.3) is 0 Å². The number of nitrogens with one attached hydrogen (secondary N) is 1. The first-order valence-corrected chi connectivity index (χ1v) is 18.9. The third-order valence-corrected chi connectivity index (χ3v) is 11.1. The maximum Gasteiger partial charge on any atom is 0.436 e. The number of aromatic nitrogens is 4. The molecule has 22 heteroatoms. The van der Waals surface area contributed by atoms with Crippen LogP contribution in [0.3, 0.4) is 0 Å². The number of alkyl halides is 6. The molecule has 310 valence electrons. The number of amides is 2. The second-order valence-electron chi connectivity index (χ2n) is 13.2. The average Bonchev–Trinajstić information content (AvgIpc) is 3.62. The number of carbonyl (C=O) groups is 2. The molecule has 2 aliphatic heterocycles. The molecule has 2 aromatic carbocycles. The summed E-state index contributed by atoms with van der Waals surface area (Å²) in [6, 6.07) is 11.0. The van der Waals surface area contributed by atoms with Crippen molar-refractivity contribution in [3.63, 3.8) is 0 Å². The lowest BCUT2D eigenvalue weighted by molar-refractivity contribution is -0.142. The maximum absolute atomic E-state index is 12.9. The van der Waals surface area contributed by atoms with Crippen molar-refractivity contribution >= 4 is 81.0 Å². The van der Waals surface area contributed by atoms with E-state index in [1.807, 2.05) is 24.3 Å². The van der Waals surface area contributed by atoms with E-state index in [0.717, 1.165) is 26.4 Å². The number of halogens is 10. The van der Waals surface area contributed by atoms with Crippen LogP contribution in [0.1, 0.15) is 22.8 Å². The number of nitrogens with two attached hydrogens (primary N) is 1. The molecular formula is C35H38Cl4F6N10O2. The Balaban J connectivity index is 0.000000218. The Morgan fingerprint density at radius 1 is 0.667 bits per heavy atom. The molecule has 0 spiro atoms. The minimum atomic E-state index is -4.66. The van der Waals surface area contributed by atoms with E-state index >= 15 is 0 Å². The van der Waals surface area contributed by atoms with Crippen LogP contribution in [0.2, 0.25) is 20.1 Å². The average molecular weight is 887 g/mol. The lowest BCUT2D eigenvalue weighted by Gasteiger charge is -2.36. The molecule has 3 N–H and O–H groups in total. The summed E-state index contributed by atoms with van der Waals surface area (Å²) in [4.78, 5) is 32.5. The van der Waals surface area contributed by atoms with E-state index in [-0.39, 0.29) is 36.3 Å². The number of nitrogens with zero attached hydrogens (tertiary/aromatic N) is 8. The van der Waals surface area contributed by atoms with E-state index in [2.05, 4.69) is 25.3 Å². The Morgan fingerprint density at radius 2 is 1.05 bits per heavy atom. The zero-order chi connectivity index (χ0) is 42.0. The molecular weight excluding hydrogens is 848 g/mol. The Hall–Kier alpha value is -4.26. The highest BCUT2D eigenvalue weighted by Crippen LogP contribution is 2.37. The van der Waals surface area contributed by atoms with Crippen LogP contribution >= 0.6 is 46.4 Å². The molecule has 2 amide bonds. The summed E-state index contributed by atoms with van der Waals surface area (Å²) in [6.07, 6.45) is -9.32. The van der Waals surface area contributed by atoms with Gasteiger partial charge in [-0.15, -0.1) is 0 Å². The number of rotatable bonds is 7. The number of hydrogen-bond donors (Lipinski definition) is 2. The van der Waals surface area contributed by atoms with Crippen LogP contribution in [0, 0.1) is 13.8 Å². The molecule has 2 saturated heterocycles. The quantitative estimate of drug-likeness (QED) is 0.146. The molecule has 4 heterocycles. The Kier molecular flexibility index (Phi) is 13.6. The van der Waals surface area contributed by atoms with Crippen molar-refractivity contribution in [3.05, 3.63) is 79.3 Å². The molecule has 2 aliphatic rings. The van der Waals surface area contributed by atoms with Crippen molar-refractivity contribution in [1.29, 1.82) is 0 Å². The van der Waals surface area contributed by atoms with Crippen LogP contribution in [0.5, 0.6) is 0 Å². The van der Waals surface area contributed by atoms with E-state index in [1.54, 1.807) is 29.0 Å². The summed E-state index contributed by atoms with van der Waals surface area (Å²) in [5.74, 6) is -0.612. The van der Waals surface area contributed by atoms with Crippen molar-refractivity contribution in [2.75, 3.05) is 80.3 Å². The number of carbonyl (C=O) groups excluding carboxylic acids is 2. The maximum atomic E-state index is 12.9. The van der Waals surface area contributed by atoms with Gasteiger partial charge in [-0.1, -0.05) is 46.4 Å². The second-order valence-corrected chi connectivity index (χ2v) is 14.7. The standard InChI is InChI=1S/C18H20Cl2F3N5O.C17H18Cl2F3N5O/c1-11-16(20)17(18(21,22)23)25-28(11)10-15(29)27-7-5-26(6-8-27)12-3-4-13(19)14(9-12)24-2;1-10-15(19)16(17(20,21)22)24-27(10)9-14(28)26-6-4-25(5-7-26)11-2-3-12(18)13(23)8-11/h3-4,9,24H,5-8,10H2,1-2H3;2-3,8H,4-7,9,23H2,1H3. The molecule has 57 heavy (non-hydrogen) atoms. The van der Waals surface area contributed by atoms with E-state index < -0.39 is 33.8 Å². The number of anilines is 4. The third-order valence-electron chi connectivity index (χ3n) is 9.57. The van der Waals surface area contributed by atoms with Gasteiger partial charge in [-0.3, -0.25) is 19.0 Å². The minimum absolute atomic E-state index is 0.109. The first kappa shape index (κ1) is 43.9. The molecule has 0 aliphatic carbocycles. The molecule has 4 aromatic rings. The SMILES string of the molecule is CNc1cc(N2CCN(C(=O)Cn3nc(C(F)(F)F)c(Cl)c3C)CC2)ccc1Cl.Cc1c(Cl)c(C(F)(F)F)nn1CC(=O)N1CCN(c2ccc(Cl)c(N)c2)CC1. The molecule has 0 radical (unpaired) electrons. The lowest BCUT2D eigenvalue weighted by Crippen LogP contribution is -2.49. The summed E-state index contributed by atoms with van der Waals surface area (Å²) >= 11 is 23.5. The fourth-order valence-corrected chi connectivity index (χ4v) is 7.05. The fraction of sp³-hybridized carbons (Fsp3) is 0.429. The van der Waals surface area contributed by atoms with Gasteiger partial charge in [0, 0.05) is 70.8 Å². The Bertz CT molecular complexity index is 2090. The summed E-state index contributed by atoms with van der Waals surface area (Å²) in [5, 5.41) is 10.1. The van der Waals surface area contributed by atoms with Gasteiger partial charge in [0.05, 0.1) is 42.9 Å². The van der Waals surface area contributed by atoms with Crippen molar-refractivity contribution in [3.8, 4) is 0 Å². The van der Waals surface area contributed by atoms with Crippen molar-refractivity contribution in [2.45, 2.75) is 39.3 Å².